The van der Waals surface area contributed by atoms with Crippen LogP contribution in [0.2, 0.25) is 0 Å². The minimum atomic E-state index is -0.220. The van der Waals surface area contributed by atoms with E-state index in [0.717, 1.165) is 17.1 Å². The quantitative estimate of drug-likeness (QED) is 0.173. The molecule has 0 N–H and O–H groups in total. The van der Waals surface area contributed by atoms with Gasteiger partial charge in [0.2, 0.25) is 6.71 Å². The highest BCUT2D eigenvalue weighted by molar-refractivity contribution is 6.99. The van der Waals surface area contributed by atoms with Gasteiger partial charge in [-0.25, -0.2) is 0 Å². The standard InChI is InChI=1S/C47H34BN3/c1-47(2)37-25-13-14-26-39(37)48-40-27-16-24-36-44(40)51(45-35-23-12-15-28-41(35)50(46(36)45)33-21-10-5-11-22-33)42-30-34(29-38(47)43(42)48)49(31-17-6-3-7-18-31)32-19-8-4-9-20-32/h3-30H,1-2H3. The molecule has 0 amide bonds. The summed E-state index contributed by atoms with van der Waals surface area (Å²) in [6.45, 7) is 4.96. The van der Waals surface area contributed by atoms with Gasteiger partial charge in [0.05, 0.1) is 22.1 Å². The maximum atomic E-state index is 2.62. The monoisotopic (exact) mass is 651 g/mol. The topological polar surface area (TPSA) is 13.1 Å². The van der Waals surface area contributed by atoms with Crippen molar-refractivity contribution in [3.63, 3.8) is 0 Å². The Hall–Kier alpha value is -6.26. The molecule has 0 saturated heterocycles. The van der Waals surface area contributed by atoms with Crippen molar-refractivity contribution < 1.29 is 0 Å². The van der Waals surface area contributed by atoms with Crippen LogP contribution in [-0.4, -0.2) is 15.8 Å². The number of hydrogen-bond acceptors (Lipinski definition) is 1. The summed E-state index contributed by atoms with van der Waals surface area (Å²) in [5.74, 6) is 0. The molecule has 2 aliphatic heterocycles. The lowest BCUT2D eigenvalue weighted by atomic mass is 9.30. The smallest absolute Gasteiger partial charge is 0.247 e. The van der Waals surface area contributed by atoms with Crippen LogP contribution in [0.15, 0.2) is 170 Å². The fourth-order valence-electron chi connectivity index (χ4n) is 9.43. The van der Waals surface area contributed by atoms with Crippen LogP contribution < -0.4 is 21.3 Å². The van der Waals surface area contributed by atoms with E-state index in [1.165, 1.54) is 71.7 Å². The van der Waals surface area contributed by atoms with Crippen molar-refractivity contribution in [2.75, 3.05) is 4.90 Å². The molecule has 9 aromatic rings. The molecule has 7 aromatic carbocycles. The van der Waals surface area contributed by atoms with E-state index in [2.05, 4.69) is 198 Å². The SMILES string of the molecule is CC1(C)c2ccccc2B2c3c(cc(N(c4ccccc4)c4ccccc4)cc31)-n1c3c2cccc3c2c1c1ccccc1n2-c1ccccc1. The first-order valence-electron chi connectivity index (χ1n) is 17.9. The van der Waals surface area contributed by atoms with Gasteiger partial charge in [-0.1, -0.05) is 135 Å². The van der Waals surface area contributed by atoms with Crippen molar-refractivity contribution in [2.45, 2.75) is 19.3 Å². The van der Waals surface area contributed by atoms with Crippen LogP contribution in [0.5, 0.6) is 0 Å². The van der Waals surface area contributed by atoms with E-state index >= 15 is 0 Å². The summed E-state index contributed by atoms with van der Waals surface area (Å²) in [5.41, 5.74) is 17.7. The Kier molecular flexibility index (Phi) is 5.82. The summed E-state index contributed by atoms with van der Waals surface area (Å²) in [4.78, 5) is 2.42. The molecule has 2 aliphatic rings. The van der Waals surface area contributed by atoms with E-state index < -0.39 is 0 Å². The predicted molar refractivity (Wildman–Crippen MR) is 216 cm³/mol. The van der Waals surface area contributed by atoms with Gasteiger partial charge in [0.25, 0.3) is 0 Å². The molecule has 4 heterocycles. The van der Waals surface area contributed by atoms with Gasteiger partial charge in [-0.2, -0.15) is 0 Å². The van der Waals surface area contributed by atoms with Gasteiger partial charge in [0.1, 0.15) is 0 Å². The Balaban J connectivity index is 1.34. The highest BCUT2D eigenvalue weighted by atomic mass is 15.1. The summed E-state index contributed by atoms with van der Waals surface area (Å²) in [7, 11) is 0. The molecule has 0 spiro atoms. The van der Waals surface area contributed by atoms with Crippen LogP contribution in [0.4, 0.5) is 17.1 Å². The van der Waals surface area contributed by atoms with Gasteiger partial charge < -0.3 is 14.0 Å². The van der Waals surface area contributed by atoms with Crippen LogP contribution >= 0.6 is 0 Å². The lowest BCUT2D eigenvalue weighted by molar-refractivity contribution is 0.645. The molecule has 0 unspecified atom stereocenters. The number of nitrogens with zero attached hydrogens (tertiary/aromatic N) is 3. The Bertz CT molecular complexity index is 2790. The number of benzene rings is 7. The zero-order valence-corrected chi connectivity index (χ0v) is 28.6. The Morgan fingerprint density at radius 3 is 1.80 bits per heavy atom. The number of anilines is 3. The Labute approximate surface area is 297 Å². The van der Waals surface area contributed by atoms with Crippen molar-refractivity contribution in [3.05, 3.63) is 181 Å². The third-order valence-corrected chi connectivity index (χ3v) is 11.5. The van der Waals surface area contributed by atoms with Gasteiger partial charge in [-0.05, 0) is 76.6 Å². The van der Waals surface area contributed by atoms with Gasteiger partial charge in [-0.3, -0.25) is 0 Å². The van der Waals surface area contributed by atoms with Crippen LogP contribution in [-0.2, 0) is 5.41 Å². The van der Waals surface area contributed by atoms with E-state index in [1.54, 1.807) is 0 Å². The van der Waals surface area contributed by atoms with Gasteiger partial charge in [-0.15, -0.1) is 0 Å². The molecule has 0 saturated carbocycles. The number of aromatic nitrogens is 2. The molecule has 3 nitrogen and oxygen atoms in total. The zero-order chi connectivity index (χ0) is 33.8. The van der Waals surface area contributed by atoms with Crippen LogP contribution in [0.3, 0.4) is 0 Å². The van der Waals surface area contributed by atoms with Crippen LogP contribution in [0.1, 0.15) is 25.0 Å². The third-order valence-electron chi connectivity index (χ3n) is 11.5. The molecule has 0 radical (unpaired) electrons. The fraction of sp³-hybridized carbons (Fsp3) is 0.0638. The molecule has 0 atom stereocenters. The Morgan fingerprint density at radius 2 is 1.06 bits per heavy atom. The number of rotatable bonds is 4. The van der Waals surface area contributed by atoms with Crippen LogP contribution in [0, 0.1) is 0 Å². The van der Waals surface area contributed by atoms with Crippen LogP contribution in [0.25, 0.3) is 44.2 Å². The summed E-state index contributed by atoms with van der Waals surface area (Å²) in [5, 5.41) is 2.54. The molecular weight excluding hydrogens is 617 g/mol. The molecule has 240 valence electrons. The second kappa shape index (κ2) is 10.4. The normalized spacial score (nSPS) is 13.8. The van der Waals surface area contributed by atoms with Gasteiger partial charge >= 0.3 is 0 Å². The predicted octanol–water partition coefficient (Wildman–Crippen LogP) is 9.67. The lowest BCUT2D eigenvalue weighted by Gasteiger charge is -2.42. The molecule has 0 bridgehead atoms. The minimum Gasteiger partial charge on any atom is -0.310 e. The largest absolute Gasteiger partial charge is 0.310 e. The van der Waals surface area contributed by atoms with E-state index in [-0.39, 0.29) is 12.1 Å². The summed E-state index contributed by atoms with van der Waals surface area (Å²) in [6.07, 6.45) is 0. The molecule has 11 rings (SSSR count). The van der Waals surface area contributed by atoms with E-state index in [4.69, 9.17) is 0 Å². The van der Waals surface area contributed by atoms with Gasteiger partial charge in [0.15, 0.2) is 0 Å². The molecule has 51 heavy (non-hydrogen) atoms. The first-order valence-corrected chi connectivity index (χ1v) is 17.9. The van der Waals surface area contributed by atoms with Crippen molar-refractivity contribution in [3.8, 4) is 11.4 Å². The third kappa shape index (κ3) is 3.79. The highest BCUT2D eigenvalue weighted by Gasteiger charge is 2.45. The molecule has 2 aromatic heterocycles. The molecule has 4 heteroatoms. The highest BCUT2D eigenvalue weighted by Crippen LogP contribution is 2.46. The first kappa shape index (κ1) is 28.6. The molecule has 0 aliphatic carbocycles. The number of hydrogen-bond donors (Lipinski definition) is 0. The fourth-order valence-corrected chi connectivity index (χ4v) is 9.43. The van der Waals surface area contributed by atoms with E-state index in [0.29, 0.717) is 0 Å². The van der Waals surface area contributed by atoms with Crippen molar-refractivity contribution in [2.24, 2.45) is 0 Å². The van der Waals surface area contributed by atoms with Gasteiger partial charge in [0, 0.05) is 44.6 Å². The van der Waals surface area contributed by atoms with Crippen molar-refractivity contribution in [1.29, 1.82) is 0 Å². The average Bonchev–Trinajstić information content (AvgIpc) is 3.70. The molecular formula is C47H34BN3. The first-order chi connectivity index (χ1) is 25.1. The zero-order valence-electron chi connectivity index (χ0n) is 28.6. The second-order valence-corrected chi connectivity index (χ2v) is 14.5. The molecule has 0 fully saturated rings. The lowest BCUT2D eigenvalue weighted by Crippen LogP contribution is -2.63. The minimum absolute atomic E-state index is 0.127. The maximum Gasteiger partial charge on any atom is 0.247 e. The maximum absolute atomic E-state index is 2.62. The Morgan fingerprint density at radius 1 is 0.471 bits per heavy atom. The van der Waals surface area contributed by atoms with E-state index in [9.17, 15) is 0 Å². The summed E-state index contributed by atoms with van der Waals surface area (Å²) < 4.78 is 5.11. The number of fused-ring (bicyclic) bond motifs is 9. The van der Waals surface area contributed by atoms with Crippen molar-refractivity contribution >= 4 is 73.0 Å². The number of para-hydroxylation sites is 5. The summed E-state index contributed by atoms with van der Waals surface area (Å²) in [6, 6.07) is 62.5. The van der Waals surface area contributed by atoms with E-state index in [1.807, 2.05) is 0 Å². The second-order valence-electron chi connectivity index (χ2n) is 14.5. The summed E-state index contributed by atoms with van der Waals surface area (Å²) >= 11 is 0. The average molecular weight is 652 g/mol. The van der Waals surface area contributed by atoms with Crippen molar-refractivity contribution in [1.82, 2.24) is 9.13 Å².